The zero-order chi connectivity index (χ0) is 13.7. The minimum Gasteiger partial charge on any atom is -0.748 e. The van der Waals surface area contributed by atoms with Gasteiger partial charge in [-0.25, -0.2) is 8.42 Å². The Kier molecular flexibility index (Phi) is 8.74. The summed E-state index contributed by atoms with van der Waals surface area (Å²) in [6.07, 6.45) is 1.01. The Morgan fingerprint density at radius 3 is 2.28 bits per heavy atom. The molecule has 0 aliphatic rings. The molecule has 0 unspecified atom stereocenters. The number of carbonyl (C=O) groups is 2. The quantitative estimate of drug-likeness (QED) is 0.291. The van der Waals surface area contributed by atoms with Crippen LogP contribution in [0.5, 0.6) is 0 Å². The molecular formula is C9H15N2NaO5S. The second-order valence-corrected chi connectivity index (χ2v) is 5.36. The summed E-state index contributed by atoms with van der Waals surface area (Å²) in [4.78, 5) is 22.6. The Morgan fingerprint density at radius 2 is 1.89 bits per heavy atom. The maximum atomic E-state index is 11.5. The molecule has 0 saturated carbocycles. The van der Waals surface area contributed by atoms with Gasteiger partial charge in [0.15, 0.2) is 0 Å². The van der Waals surface area contributed by atoms with Gasteiger partial charge in [-0.05, 0) is 19.9 Å². The summed E-state index contributed by atoms with van der Waals surface area (Å²) < 4.78 is 30.9. The van der Waals surface area contributed by atoms with Gasteiger partial charge in [0.1, 0.15) is 5.54 Å². The van der Waals surface area contributed by atoms with Crippen molar-refractivity contribution in [2.45, 2.75) is 19.4 Å². The Hall–Kier alpha value is -0.410. The SMILES string of the molecule is C=CC(=O)NC(C)(C)C(=O)NCCS(=O)(=O)[O-].[Na+]. The predicted octanol–water partition coefficient (Wildman–Crippen LogP) is -4.27. The van der Waals surface area contributed by atoms with Crippen molar-refractivity contribution >= 4 is 21.9 Å². The smallest absolute Gasteiger partial charge is 0.748 e. The third-order valence-electron chi connectivity index (χ3n) is 1.83. The molecule has 0 aliphatic heterocycles. The first-order chi connectivity index (χ1) is 7.58. The van der Waals surface area contributed by atoms with Crippen LogP contribution in [0.3, 0.4) is 0 Å². The predicted molar refractivity (Wildman–Crippen MR) is 60.0 cm³/mol. The van der Waals surface area contributed by atoms with E-state index in [0.717, 1.165) is 6.08 Å². The van der Waals surface area contributed by atoms with E-state index in [1.807, 2.05) is 0 Å². The van der Waals surface area contributed by atoms with Crippen LogP contribution in [0.4, 0.5) is 0 Å². The first-order valence-corrected chi connectivity index (χ1v) is 6.32. The monoisotopic (exact) mass is 286 g/mol. The van der Waals surface area contributed by atoms with Gasteiger partial charge in [-0.3, -0.25) is 9.59 Å². The molecule has 0 aromatic rings. The summed E-state index contributed by atoms with van der Waals surface area (Å²) in [7, 11) is -4.36. The maximum Gasteiger partial charge on any atom is 1.00 e. The van der Waals surface area contributed by atoms with Crippen LogP contribution >= 0.6 is 0 Å². The molecule has 0 spiro atoms. The van der Waals surface area contributed by atoms with Gasteiger partial charge < -0.3 is 15.2 Å². The molecule has 0 saturated heterocycles. The van der Waals surface area contributed by atoms with Gasteiger partial charge in [0.25, 0.3) is 0 Å². The number of hydrogen-bond acceptors (Lipinski definition) is 5. The third-order valence-corrected chi connectivity index (χ3v) is 2.53. The number of hydrogen-bond donors (Lipinski definition) is 2. The molecule has 2 N–H and O–H groups in total. The van der Waals surface area contributed by atoms with Gasteiger partial charge in [-0.2, -0.15) is 0 Å². The molecule has 0 radical (unpaired) electrons. The molecule has 2 amide bonds. The van der Waals surface area contributed by atoms with Crippen molar-refractivity contribution in [1.29, 1.82) is 0 Å². The van der Waals surface area contributed by atoms with Gasteiger partial charge in [0.05, 0.1) is 15.9 Å². The van der Waals surface area contributed by atoms with Gasteiger partial charge in [-0.1, -0.05) is 6.58 Å². The van der Waals surface area contributed by atoms with Crippen LogP contribution in [0.1, 0.15) is 13.8 Å². The van der Waals surface area contributed by atoms with Crippen molar-refractivity contribution in [3.8, 4) is 0 Å². The Balaban J connectivity index is 0. The maximum absolute atomic E-state index is 11.5. The summed E-state index contributed by atoms with van der Waals surface area (Å²) in [5.41, 5.74) is -1.21. The van der Waals surface area contributed by atoms with Crippen LogP contribution in [-0.4, -0.2) is 42.6 Å². The topological polar surface area (TPSA) is 115 Å². The Morgan fingerprint density at radius 1 is 1.39 bits per heavy atom. The second kappa shape index (κ2) is 7.90. The average Bonchev–Trinajstić information content (AvgIpc) is 2.14. The van der Waals surface area contributed by atoms with Gasteiger partial charge in [0.2, 0.25) is 11.8 Å². The fraction of sp³-hybridized carbons (Fsp3) is 0.556. The summed E-state index contributed by atoms with van der Waals surface area (Å²) in [6, 6.07) is 0. The number of nitrogens with one attached hydrogen (secondary N) is 2. The molecular weight excluding hydrogens is 271 g/mol. The Bertz CT molecular complexity index is 419. The van der Waals surface area contributed by atoms with Crippen LogP contribution in [0.2, 0.25) is 0 Å². The molecule has 0 rings (SSSR count). The summed E-state index contributed by atoms with van der Waals surface area (Å²) in [5.74, 6) is -1.80. The molecule has 0 heterocycles. The van der Waals surface area contributed by atoms with E-state index in [9.17, 15) is 22.6 Å². The van der Waals surface area contributed by atoms with E-state index in [1.165, 1.54) is 13.8 Å². The first-order valence-electron chi connectivity index (χ1n) is 4.75. The normalized spacial score (nSPS) is 11.1. The second-order valence-electron chi connectivity index (χ2n) is 3.84. The van der Waals surface area contributed by atoms with Crippen LogP contribution < -0.4 is 40.2 Å². The molecule has 7 nitrogen and oxygen atoms in total. The fourth-order valence-electron chi connectivity index (χ4n) is 0.926. The zero-order valence-electron chi connectivity index (χ0n) is 10.6. The largest absolute Gasteiger partial charge is 1.00 e. The van der Waals surface area contributed by atoms with E-state index in [-0.39, 0.29) is 36.1 Å². The summed E-state index contributed by atoms with van der Waals surface area (Å²) in [6.45, 7) is 5.82. The summed E-state index contributed by atoms with van der Waals surface area (Å²) in [5, 5.41) is 4.60. The van der Waals surface area contributed by atoms with Crippen LogP contribution in [0.25, 0.3) is 0 Å². The zero-order valence-corrected chi connectivity index (χ0v) is 13.5. The van der Waals surface area contributed by atoms with Gasteiger partial charge in [-0.15, -0.1) is 0 Å². The molecule has 9 heteroatoms. The number of carbonyl (C=O) groups excluding carboxylic acids is 2. The van der Waals surface area contributed by atoms with Crippen LogP contribution in [0, 0.1) is 0 Å². The van der Waals surface area contributed by atoms with Gasteiger partial charge in [0, 0.05) is 6.54 Å². The molecule has 0 bridgehead atoms. The third kappa shape index (κ3) is 8.65. The van der Waals surface area contributed by atoms with Crippen molar-refractivity contribution < 1.29 is 52.1 Å². The molecule has 98 valence electrons. The molecule has 18 heavy (non-hydrogen) atoms. The number of amides is 2. The molecule has 0 fully saturated rings. The van der Waals surface area contributed by atoms with E-state index < -0.39 is 33.2 Å². The first kappa shape index (κ1) is 19.9. The average molecular weight is 286 g/mol. The van der Waals surface area contributed by atoms with E-state index in [4.69, 9.17) is 0 Å². The van der Waals surface area contributed by atoms with Crippen LogP contribution in [0.15, 0.2) is 12.7 Å². The minimum absolute atomic E-state index is 0. The van der Waals surface area contributed by atoms with Gasteiger partial charge >= 0.3 is 29.6 Å². The minimum atomic E-state index is -4.36. The molecule has 0 aromatic heterocycles. The van der Waals surface area contributed by atoms with Crippen molar-refractivity contribution in [3.63, 3.8) is 0 Å². The van der Waals surface area contributed by atoms with Crippen LogP contribution in [-0.2, 0) is 19.7 Å². The van der Waals surface area contributed by atoms with E-state index in [0.29, 0.717) is 0 Å². The van der Waals surface area contributed by atoms with Crippen molar-refractivity contribution in [2.24, 2.45) is 0 Å². The summed E-state index contributed by atoms with van der Waals surface area (Å²) >= 11 is 0. The van der Waals surface area contributed by atoms with Crippen molar-refractivity contribution in [2.75, 3.05) is 12.3 Å². The Labute approximate surface area is 128 Å². The van der Waals surface area contributed by atoms with Crippen molar-refractivity contribution in [1.82, 2.24) is 10.6 Å². The van der Waals surface area contributed by atoms with E-state index in [2.05, 4.69) is 17.2 Å². The van der Waals surface area contributed by atoms with E-state index >= 15 is 0 Å². The number of rotatable bonds is 6. The fourth-order valence-corrected chi connectivity index (χ4v) is 1.28. The van der Waals surface area contributed by atoms with Crippen molar-refractivity contribution in [3.05, 3.63) is 12.7 Å². The van der Waals surface area contributed by atoms with E-state index in [1.54, 1.807) is 0 Å². The molecule has 0 atom stereocenters. The standard InChI is InChI=1S/C9H16N2O5S.Na/c1-4-7(12)11-9(2,3)8(13)10-5-6-17(14,15)16;/h4H,1,5-6H2,2-3H3,(H,10,13)(H,11,12)(H,14,15,16);/q;+1/p-1. The molecule has 0 aromatic carbocycles. The molecule has 0 aliphatic carbocycles.